The third kappa shape index (κ3) is 7.21. The number of ether oxygens (including phenoxy) is 4. The van der Waals surface area contributed by atoms with Gasteiger partial charge in [-0.3, -0.25) is 9.59 Å². The van der Waals surface area contributed by atoms with E-state index >= 15 is 0 Å². The molecule has 6 heteroatoms. The summed E-state index contributed by atoms with van der Waals surface area (Å²) < 4.78 is 24.3. The minimum absolute atomic E-state index is 0.0760. The van der Waals surface area contributed by atoms with Gasteiger partial charge in [0.1, 0.15) is 23.0 Å². The first kappa shape index (κ1) is 35.0. The zero-order valence-corrected chi connectivity index (χ0v) is 29.9. The number of unbranched alkanes of at least 4 members (excludes halogenated alkanes) is 4. The molecular formula is C44H48O6. The van der Waals surface area contributed by atoms with E-state index in [0.29, 0.717) is 71.7 Å². The first-order chi connectivity index (χ1) is 24.5. The molecule has 50 heavy (non-hydrogen) atoms. The second kappa shape index (κ2) is 16.2. The molecule has 6 nitrogen and oxygen atoms in total. The number of hydrogen-bond acceptors (Lipinski definition) is 6. The van der Waals surface area contributed by atoms with Crippen molar-refractivity contribution in [3.05, 3.63) is 117 Å². The molecule has 0 bridgehead atoms. The van der Waals surface area contributed by atoms with E-state index in [1.54, 1.807) is 0 Å². The number of ketones is 2. The van der Waals surface area contributed by atoms with Crippen molar-refractivity contribution in [2.75, 3.05) is 26.4 Å². The molecule has 260 valence electrons. The van der Waals surface area contributed by atoms with E-state index in [0.717, 1.165) is 84.8 Å². The van der Waals surface area contributed by atoms with E-state index in [-0.39, 0.29) is 11.6 Å². The van der Waals surface area contributed by atoms with Crippen molar-refractivity contribution in [3.8, 4) is 23.0 Å². The van der Waals surface area contributed by atoms with E-state index in [1.807, 2.05) is 72.8 Å². The summed E-state index contributed by atoms with van der Waals surface area (Å²) in [5, 5.41) is 0. The summed E-state index contributed by atoms with van der Waals surface area (Å²) in [6.07, 6.45) is 7.78. The van der Waals surface area contributed by atoms with E-state index in [1.165, 1.54) is 0 Å². The van der Waals surface area contributed by atoms with Crippen LogP contribution in [0, 0.1) is 0 Å². The molecule has 4 aromatic rings. The fraction of sp³-hybridized carbons (Fsp3) is 0.364. The topological polar surface area (TPSA) is 71.1 Å². The van der Waals surface area contributed by atoms with Gasteiger partial charge in [0.15, 0.2) is 11.6 Å². The van der Waals surface area contributed by atoms with Crippen LogP contribution in [0.3, 0.4) is 0 Å². The van der Waals surface area contributed by atoms with Crippen molar-refractivity contribution < 1.29 is 28.5 Å². The van der Waals surface area contributed by atoms with E-state index < -0.39 is 0 Å². The van der Waals surface area contributed by atoms with Crippen LogP contribution < -0.4 is 18.9 Å². The molecule has 6 rings (SSSR count). The van der Waals surface area contributed by atoms with Gasteiger partial charge < -0.3 is 18.9 Å². The summed E-state index contributed by atoms with van der Waals surface area (Å²) in [4.78, 5) is 28.7. The number of benzene rings is 4. The maximum Gasteiger partial charge on any atom is 0.194 e. The van der Waals surface area contributed by atoms with Crippen LogP contribution in [0.5, 0.6) is 23.0 Å². The molecule has 0 unspecified atom stereocenters. The smallest absolute Gasteiger partial charge is 0.194 e. The lowest BCUT2D eigenvalue weighted by Crippen LogP contribution is -2.20. The van der Waals surface area contributed by atoms with Crippen molar-refractivity contribution >= 4 is 22.7 Å². The minimum atomic E-state index is -0.0760. The second-order valence-electron chi connectivity index (χ2n) is 13.0. The highest BCUT2D eigenvalue weighted by molar-refractivity contribution is 6.27. The zero-order chi connectivity index (χ0) is 35.0. The SMILES string of the molecule is CCCCOc1ccc2c(c1)C(=O)c1cc(OCCCC)ccc1C2=C1c2ccc(OCCCC)cc2C(=O)c2cc(OCCCC)ccc21. The Morgan fingerprint density at radius 1 is 0.360 bits per heavy atom. The first-order valence-electron chi connectivity index (χ1n) is 18.4. The van der Waals surface area contributed by atoms with Crippen molar-refractivity contribution in [3.63, 3.8) is 0 Å². The number of rotatable bonds is 16. The molecule has 0 fully saturated rings. The summed E-state index contributed by atoms with van der Waals surface area (Å²) in [5.74, 6) is 2.50. The van der Waals surface area contributed by atoms with Gasteiger partial charge in [-0.25, -0.2) is 0 Å². The molecule has 0 amide bonds. The predicted octanol–water partition coefficient (Wildman–Crippen LogP) is 10.5. The van der Waals surface area contributed by atoms with Gasteiger partial charge in [-0.15, -0.1) is 0 Å². The van der Waals surface area contributed by atoms with Crippen molar-refractivity contribution in [1.29, 1.82) is 0 Å². The van der Waals surface area contributed by atoms with Crippen LogP contribution in [-0.4, -0.2) is 38.0 Å². The Hall–Kier alpha value is -4.84. The quantitative estimate of drug-likeness (QED) is 0.0953. The average Bonchev–Trinajstić information content (AvgIpc) is 3.13. The summed E-state index contributed by atoms with van der Waals surface area (Å²) in [6, 6.07) is 23.2. The van der Waals surface area contributed by atoms with Crippen LogP contribution in [0.1, 0.15) is 133 Å². The number of hydrogen-bond donors (Lipinski definition) is 0. The normalized spacial score (nSPS) is 13.0. The standard InChI is InChI=1S/C44H48O6/c1-5-9-21-47-29-13-17-33-37(25-29)43(45)38-26-30(48-22-10-6-2)14-18-34(38)41(33)42-35-19-15-31(49-23-11-7-3)27-39(35)44(46)40-28-32(16-20-36(40)42)50-24-12-8-4/h13-20,25-28H,5-12,21-24H2,1-4H3. The highest BCUT2D eigenvalue weighted by atomic mass is 16.5. The number of carbonyl (C=O) groups excluding carboxylic acids is 2. The molecule has 0 aromatic heterocycles. The minimum Gasteiger partial charge on any atom is -0.494 e. The lowest BCUT2D eigenvalue weighted by Gasteiger charge is -2.30. The van der Waals surface area contributed by atoms with Gasteiger partial charge in [0.25, 0.3) is 0 Å². The Bertz CT molecular complexity index is 1630. The number of fused-ring (bicyclic) bond motifs is 4. The molecule has 0 saturated carbocycles. The van der Waals surface area contributed by atoms with Crippen LogP contribution in [0.2, 0.25) is 0 Å². The molecule has 0 heterocycles. The summed E-state index contributed by atoms with van der Waals surface area (Å²) >= 11 is 0. The van der Waals surface area contributed by atoms with Crippen LogP contribution in [0.25, 0.3) is 11.1 Å². The fourth-order valence-electron chi connectivity index (χ4n) is 6.53. The Kier molecular flexibility index (Phi) is 11.4. The predicted molar refractivity (Wildman–Crippen MR) is 199 cm³/mol. The van der Waals surface area contributed by atoms with Crippen molar-refractivity contribution in [2.24, 2.45) is 0 Å². The average molecular weight is 673 g/mol. The van der Waals surface area contributed by atoms with Crippen LogP contribution in [0.4, 0.5) is 0 Å². The van der Waals surface area contributed by atoms with Crippen LogP contribution in [0.15, 0.2) is 72.8 Å². The summed E-state index contributed by atoms with van der Waals surface area (Å²) in [5.41, 5.74) is 7.27. The molecule has 0 saturated heterocycles. The first-order valence-corrected chi connectivity index (χ1v) is 18.4. The van der Waals surface area contributed by atoms with Gasteiger partial charge in [-0.2, -0.15) is 0 Å². The van der Waals surface area contributed by atoms with Gasteiger partial charge in [-0.1, -0.05) is 53.4 Å². The van der Waals surface area contributed by atoms with E-state index in [4.69, 9.17) is 18.9 Å². The highest BCUT2D eigenvalue weighted by Crippen LogP contribution is 2.48. The third-order valence-electron chi connectivity index (χ3n) is 9.34. The van der Waals surface area contributed by atoms with E-state index in [2.05, 4.69) is 27.7 Å². The Balaban J connectivity index is 1.60. The van der Waals surface area contributed by atoms with Gasteiger partial charge in [0.2, 0.25) is 0 Å². The molecule has 4 aromatic carbocycles. The molecular weight excluding hydrogens is 624 g/mol. The maximum absolute atomic E-state index is 14.4. The Labute approximate surface area is 296 Å². The fourth-order valence-corrected chi connectivity index (χ4v) is 6.53. The number of carbonyl (C=O) groups is 2. The van der Waals surface area contributed by atoms with E-state index in [9.17, 15) is 9.59 Å². The summed E-state index contributed by atoms with van der Waals surface area (Å²) in [7, 11) is 0. The van der Waals surface area contributed by atoms with Gasteiger partial charge in [0.05, 0.1) is 26.4 Å². The monoisotopic (exact) mass is 672 g/mol. The molecule has 0 aliphatic heterocycles. The molecule has 0 radical (unpaired) electrons. The molecule has 0 atom stereocenters. The van der Waals surface area contributed by atoms with Crippen LogP contribution in [-0.2, 0) is 0 Å². The maximum atomic E-state index is 14.4. The zero-order valence-electron chi connectivity index (χ0n) is 29.9. The molecule has 2 aliphatic rings. The van der Waals surface area contributed by atoms with Gasteiger partial charge in [-0.05, 0) is 132 Å². The van der Waals surface area contributed by atoms with Crippen LogP contribution >= 0.6 is 0 Å². The highest BCUT2D eigenvalue weighted by Gasteiger charge is 2.35. The third-order valence-corrected chi connectivity index (χ3v) is 9.34. The largest absolute Gasteiger partial charge is 0.494 e. The van der Waals surface area contributed by atoms with Crippen molar-refractivity contribution in [1.82, 2.24) is 0 Å². The molecule has 0 spiro atoms. The second-order valence-corrected chi connectivity index (χ2v) is 13.0. The molecule has 2 aliphatic carbocycles. The summed E-state index contributed by atoms with van der Waals surface area (Å²) in [6.45, 7) is 10.8. The lowest BCUT2D eigenvalue weighted by molar-refractivity contribution is 0.102. The Morgan fingerprint density at radius 2 is 0.600 bits per heavy atom. The van der Waals surface area contributed by atoms with Crippen molar-refractivity contribution in [2.45, 2.75) is 79.1 Å². The Morgan fingerprint density at radius 3 is 0.820 bits per heavy atom. The lowest BCUT2D eigenvalue weighted by atomic mass is 9.72. The van der Waals surface area contributed by atoms with Gasteiger partial charge in [0, 0.05) is 22.3 Å². The van der Waals surface area contributed by atoms with Gasteiger partial charge >= 0.3 is 0 Å². The molecule has 0 N–H and O–H groups in total.